The first-order valence-electron chi connectivity index (χ1n) is 7.09. The van der Waals surface area contributed by atoms with E-state index >= 15 is 0 Å². The molecule has 0 saturated heterocycles. The molecule has 23 heavy (non-hydrogen) atoms. The Balaban J connectivity index is 1.74. The van der Waals surface area contributed by atoms with Crippen LogP contribution in [-0.2, 0) is 6.42 Å². The molecule has 0 unspecified atom stereocenters. The third-order valence-electron chi connectivity index (χ3n) is 3.21. The number of anilines is 1. The Morgan fingerprint density at radius 3 is 2.57 bits per heavy atom. The van der Waals surface area contributed by atoms with Gasteiger partial charge in [0.2, 0.25) is 0 Å². The Morgan fingerprint density at radius 2 is 1.87 bits per heavy atom. The minimum Gasteiger partial charge on any atom is -0.382 e. The first-order chi connectivity index (χ1) is 11.3. The largest absolute Gasteiger partial charge is 0.382 e. The van der Waals surface area contributed by atoms with Crippen molar-refractivity contribution in [3.8, 4) is 5.82 Å². The molecule has 0 aliphatic carbocycles. The van der Waals surface area contributed by atoms with E-state index in [1.807, 2.05) is 24.3 Å². The summed E-state index contributed by atoms with van der Waals surface area (Å²) in [5, 5.41) is 7.37. The van der Waals surface area contributed by atoms with Crippen molar-refractivity contribution in [2.24, 2.45) is 0 Å². The molecule has 0 saturated carbocycles. The van der Waals surface area contributed by atoms with Gasteiger partial charge in [-0.25, -0.2) is 4.98 Å². The fourth-order valence-corrected chi connectivity index (χ4v) is 2.48. The van der Waals surface area contributed by atoms with Crippen LogP contribution in [0.4, 0.5) is 5.69 Å². The molecular weight excluding hydrogens is 358 g/mol. The third-order valence-corrected chi connectivity index (χ3v) is 3.97. The molecule has 0 fully saturated rings. The van der Waals surface area contributed by atoms with Crippen molar-refractivity contribution in [3.05, 3.63) is 75.5 Å². The van der Waals surface area contributed by atoms with Crippen LogP contribution in [0.3, 0.4) is 0 Å². The molecule has 0 aliphatic heterocycles. The molecule has 116 valence electrons. The summed E-state index contributed by atoms with van der Waals surface area (Å²) in [6, 6.07) is 11.1. The highest BCUT2D eigenvalue weighted by Crippen LogP contribution is 2.16. The molecule has 0 aliphatic rings. The second kappa shape index (κ2) is 7.15. The summed E-state index contributed by atoms with van der Waals surface area (Å²) in [7, 11) is 0. The van der Waals surface area contributed by atoms with Crippen LogP contribution in [0.2, 0.25) is 0 Å². The van der Waals surface area contributed by atoms with Crippen LogP contribution >= 0.6 is 15.9 Å². The molecule has 0 amide bonds. The standard InChI is InChI=1S/C16H14BrN5O/c17-15-13(19-10-7-12-5-1-3-8-18-12)11-21-22(16(15)23)14-6-2-4-9-20-14/h1-6,8-9,11,19H,7,10H2. The average molecular weight is 372 g/mol. The van der Waals surface area contributed by atoms with Crippen LogP contribution in [-0.4, -0.2) is 26.3 Å². The molecule has 6 nitrogen and oxygen atoms in total. The summed E-state index contributed by atoms with van der Waals surface area (Å²) in [6.45, 7) is 0.657. The van der Waals surface area contributed by atoms with Crippen molar-refractivity contribution in [1.29, 1.82) is 0 Å². The summed E-state index contributed by atoms with van der Waals surface area (Å²) >= 11 is 3.34. The quantitative estimate of drug-likeness (QED) is 0.745. The smallest absolute Gasteiger partial charge is 0.289 e. The van der Waals surface area contributed by atoms with E-state index in [0.717, 1.165) is 12.1 Å². The molecule has 0 bridgehead atoms. The summed E-state index contributed by atoms with van der Waals surface area (Å²) < 4.78 is 1.69. The topological polar surface area (TPSA) is 72.7 Å². The van der Waals surface area contributed by atoms with Gasteiger partial charge in [0.15, 0.2) is 5.82 Å². The third kappa shape index (κ3) is 3.62. The Hall–Kier alpha value is -2.54. The Kier molecular flexibility index (Phi) is 4.77. The number of hydrogen-bond acceptors (Lipinski definition) is 5. The minimum absolute atomic E-state index is 0.258. The monoisotopic (exact) mass is 371 g/mol. The summed E-state index contributed by atoms with van der Waals surface area (Å²) in [5.74, 6) is 0.484. The van der Waals surface area contributed by atoms with Crippen molar-refractivity contribution in [1.82, 2.24) is 19.7 Å². The van der Waals surface area contributed by atoms with E-state index in [2.05, 4.69) is 36.3 Å². The predicted octanol–water partition coefficient (Wildman–Crippen LogP) is 2.44. The van der Waals surface area contributed by atoms with Gasteiger partial charge in [0, 0.05) is 31.1 Å². The van der Waals surface area contributed by atoms with E-state index in [-0.39, 0.29) is 5.56 Å². The van der Waals surface area contributed by atoms with Crippen molar-refractivity contribution >= 4 is 21.6 Å². The molecule has 7 heteroatoms. The molecular formula is C16H14BrN5O. The van der Waals surface area contributed by atoms with Crippen molar-refractivity contribution in [2.75, 3.05) is 11.9 Å². The molecule has 3 heterocycles. The number of pyridine rings is 2. The SMILES string of the molecule is O=c1c(Br)c(NCCc2ccccn2)cnn1-c1ccccn1. The fraction of sp³-hybridized carbons (Fsp3) is 0.125. The number of halogens is 1. The van der Waals surface area contributed by atoms with Gasteiger partial charge in [0.1, 0.15) is 4.47 Å². The molecule has 3 rings (SSSR count). The molecule has 0 atom stereocenters. The molecule has 3 aromatic heterocycles. The highest BCUT2D eigenvalue weighted by Gasteiger charge is 2.10. The van der Waals surface area contributed by atoms with E-state index in [0.29, 0.717) is 22.5 Å². The Morgan fingerprint density at radius 1 is 1.09 bits per heavy atom. The van der Waals surface area contributed by atoms with Gasteiger partial charge < -0.3 is 5.32 Å². The number of nitrogens with one attached hydrogen (secondary N) is 1. The second-order valence-corrected chi connectivity index (χ2v) is 5.57. The zero-order chi connectivity index (χ0) is 16.1. The maximum absolute atomic E-state index is 12.4. The van der Waals surface area contributed by atoms with Gasteiger partial charge in [-0.15, -0.1) is 0 Å². The maximum Gasteiger partial charge on any atom is 0.289 e. The highest BCUT2D eigenvalue weighted by atomic mass is 79.9. The lowest BCUT2D eigenvalue weighted by molar-refractivity contribution is 0.775. The molecule has 0 radical (unpaired) electrons. The van der Waals surface area contributed by atoms with Gasteiger partial charge in [0.05, 0.1) is 11.9 Å². The summed E-state index contributed by atoms with van der Waals surface area (Å²) in [4.78, 5) is 20.8. The van der Waals surface area contributed by atoms with Gasteiger partial charge in [0.25, 0.3) is 5.56 Å². The van der Waals surface area contributed by atoms with Gasteiger partial charge in [-0.1, -0.05) is 12.1 Å². The lowest BCUT2D eigenvalue weighted by Gasteiger charge is -2.09. The normalized spacial score (nSPS) is 10.5. The number of nitrogens with zero attached hydrogens (tertiary/aromatic N) is 4. The molecule has 3 aromatic rings. The van der Waals surface area contributed by atoms with Gasteiger partial charge in [-0.2, -0.15) is 9.78 Å². The summed E-state index contributed by atoms with van der Waals surface area (Å²) in [6.07, 6.45) is 5.76. The van der Waals surface area contributed by atoms with Crippen molar-refractivity contribution < 1.29 is 0 Å². The van der Waals surface area contributed by atoms with Crippen LogP contribution in [0.1, 0.15) is 5.69 Å². The lowest BCUT2D eigenvalue weighted by atomic mass is 10.2. The van der Waals surface area contributed by atoms with Crippen LogP contribution in [0.25, 0.3) is 5.82 Å². The average Bonchev–Trinajstić information content (AvgIpc) is 2.60. The summed E-state index contributed by atoms with van der Waals surface area (Å²) in [5.41, 5.74) is 1.38. The van der Waals surface area contributed by atoms with Crippen LogP contribution < -0.4 is 10.9 Å². The fourth-order valence-electron chi connectivity index (χ4n) is 2.07. The highest BCUT2D eigenvalue weighted by molar-refractivity contribution is 9.10. The maximum atomic E-state index is 12.4. The van der Waals surface area contributed by atoms with Crippen LogP contribution in [0.15, 0.2) is 64.3 Å². The van der Waals surface area contributed by atoms with Crippen molar-refractivity contribution in [3.63, 3.8) is 0 Å². The first kappa shape index (κ1) is 15.4. The van der Waals surface area contributed by atoms with Gasteiger partial charge >= 0.3 is 0 Å². The molecule has 0 aromatic carbocycles. The van der Waals surface area contributed by atoms with Crippen LogP contribution in [0, 0.1) is 0 Å². The van der Waals surface area contributed by atoms with Crippen LogP contribution in [0.5, 0.6) is 0 Å². The molecule has 0 spiro atoms. The van der Waals surface area contributed by atoms with E-state index < -0.39 is 0 Å². The zero-order valence-corrected chi connectivity index (χ0v) is 13.8. The number of aromatic nitrogens is 4. The Bertz CT molecular complexity index is 836. The predicted molar refractivity (Wildman–Crippen MR) is 91.8 cm³/mol. The van der Waals surface area contributed by atoms with E-state index in [4.69, 9.17) is 0 Å². The van der Waals surface area contributed by atoms with E-state index in [1.54, 1.807) is 30.7 Å². The van der Waals surface area contributed by atoms with E-state index in [1.165, 1.54) is 4.68 Å². The molecule has 1 N–H and O–H groups in total. The second-order valence-electron chi connectivity index (χ2n) is 4.77. The van der Waals surface area contributed by atoms with Gasteiger partial charge in [-0.3, -0.25) is 9.78 Å². The van der Waals surface area contributed by atoms with Crippen molar-refractivity contribution in [2.45, 2.75) is 6.42 Å². The van der Waals surface area contributed by atoms with E-state index in [9.17, 15) is 4.79 Å². The first-order valence-corrected chi connectivity index (χ1v) is 7.88. The number of hydrogen-bond donors (Lipinski definition) is 1. The minimum atomic E-state index is -0.258. The number of rotatable bonds is 5. The lowest BCUT2D eigenvalue weighted by Crippen LogP contribution is -2.24. The zero-order valence-electron chi connectivity index (χ0n) is 12.2. The van der Waals surface area contributed by atoms with Gasteiger partial charge in [-0.05, 0) is 40.2 Å². The Labute approximate surface area is 141 Å².